The predicted molar refractivity (Wildman–Crippen MR) is 104 cm³/mol. The lowest BCUT2D eigenvalue weighted by Crippen LogP contribution is -2.31. The van der Waals surface area contributed by atoms with Crippen LogP contribution in [0.4, 0.5) is 15.8 Å². The van der Waals surface area contributed by atoms with Gasteiger partial charge in [-0.25, -0.2) is 4.39 Å². The third kappa shape index (κ3) is 5.54. The molecule has 0 spiro atoms. The smallest absolute Gasteiger partial charge is 0.253 e. The molecule has 3 rings (SSSR count). The summed E-state index contributed by atoms with van der Waals surface area (Å²) in [4.78, 5) is 26.7. The van der Waals surface area contributed by atoms with E-state index in [2.05, 4.69) is 10.6 Å². The number of nitrogens with one attached hydrogen (secondary N) is 2. The zero-order valence-corrected chi connectivity index (χ0v) is 15.2. The fourth-order valence-corrected chi connectivity index (χ4v) is 3.14. The van der Waals surface area contributed by atoms with Crippen LogP contribution in [0.2, 0.25) is 0 Å². The summed E-state index contributed by atoms with van der Waals surface area (Å²) in [7, 11) is 0. The van der Waals surface area contributed by atoms with Crippen LogP contribution in [0, 0.1) is 5.82 Å². The second kappa shape index (κ2) is 9.16. The number of hydrogen-bond donors (Lipinski definition) is 2. The van der Waals surface area contributed by atoms with E-state index in [1.54, 1.807) is 36.4 Å². The van der Waals surface area contributed by atoms with Crippen molar-refractivity contribution in [2.75, 3.05) is 30.3 Å². The third-order valence-electron chi connectivity index (χ3n) is 4.58. The fraction of sp³-hybridized carbons (Fsp3) is 0.333. The quantitative estimate of drug-likeness (QED) is 0.840. The number of hydrogen-bond acceptors (Lipinski definition) is 3. The minimum Gasteiger partial charge on any atom is -0.376 e. The summed E-state index contributed by atoms with van der Waals surface area (Å²) >= 11 is 0. The Bertz CT molecular complexity index is 784. The van der Waals surface area contributed by atoms with Crippen LogP contribution < -0.4 is 10.6 Å². The number of amides is 2. The van der Waals surface area contributed by atoms with Crippen molar-refractivity contribution in [1.29, 1.82) is 0 Å². The topological polar surface area (TPSA) is 61.4 Å². The molecule has 0 bridgehead atoms. The number of benzene rings is 2. The first-order chi connectivity index (χ1) is 13.1. The summed E-state index contributed by atoms with van der Waals surface area (Å²) < 4.78 is 12.9. The van der Waals surface area contributed by atoms with Gasteiger partial charge < -0.3 is 15.5 Å². The number of rotatable bonds is 5. The molecule has 2 amide bonds. The fourth-order valence-electron chi connectivity index (χ4n) is 3.14. The van der Waals surface area contributed by atoms with Crippen molar-refractivity contribution in [2.24, 2.45) is 0 Å². The summed E-state index contributed by atoms with van der Waals surface area (Å²) in [5.41, 5.74) is 1.83. The molecule has 0 aromatic heterocycles. The van der Waals surface area contributed by atoms with Crippen LogP contribution in [0.5, 0.6) is 0 Å². The molecule has 2 aromatic carbocycles. The van der Waals surface area contributed by atoms with E-state index in [-0.39, 0.29) is 24.2 Å². The van der Waals surface area contributed by atoms with E-state index >= 15 is 0 Å². The minimum absolute atomic E-state index is 0.0115. The van der Waals surface area contributed by atoms with Crippen molar-refractivity contribution < 1.29 is 14.0 Å². The molecule has 0 saturated carbocycles. The molecule has 0 unspecified atom stereocenters. The lowest BCUT2D eigenvalue weighted by Gasteiger charge is -2.20. The summed E-state index contributed by atoms with van der Waals surface area (Å²) in [5, 5.41) is 5.72. The van der Waals surface area contributed by atoms with E-state index in [0.29, 0.717) is 16.9 Å². The number of carbonyl (C=O) groups excluding carboxylic acids is 2. The van der Waals surface area contributed by atoms with Gasteiger partial charge in [0.2, 0.25) is 5.91 Å². The standard InChI is InChI=1S/C21H24FN3O2/c22-17-8-10-18(11-9-17)23-15-20(26)24-19-7-5-6-16(14-19)21(27)25-12-3-1-2-4-13-25/h5-11,14,23H,1-4,12-13,15H2,(H,24,26). The maximum atomic E-state index is 12.9. The molecule has 1 aliphatic rings. The Kier molecular flexibility index (Phi) is 6.41. The highest BCUT2D eigenvalue weighted by Crippen LogP contribution is 2.16. The van der Waals surface area contributed by atoms with Crippen molar-refractivity contribution in [3.8, 4) is 0 Å². The second-order valence-electron chi connectivity index (χ2n) is 6.70. The van der Waals surface area contributed by atoms with E-state index < -0.39 is 0 Å². The summed E-state index contributed by atoms with van der Waals surface area (Å²) in [6.45, 7) is 1.63. The maximum Gasteiger partial charge on any atom is 0.253 e. The Labute approximate surface area is 158 Å². The largest absolute Gasteiger partial charge is 0.376 e. The molecule has 2 aromatic rings. The van der Waals surface area contributed by atoms with Gasteiger partial charge in [0.1, 0.15) is 5.82 Å². The Morgan fingerprint density at radius 3 is 2.33 bits per heavy atom. The Balaban J connectivity index is 1.57. The van der Waals surface area contributed by atoms with E-state index in [1.165, 1.54) is 25.0 Å². The molecule has 5 nitrogen and oxygen atoms in total. The molecule has 1 aliphatic heterocycles. The van der Waals surface area contributed by atoms with E-state index in [1.807, 2.05) is 4.90 Å². The zero-order valence-electron chi connectivity index (χ0n) is 15.2. The van der Waals surface area contributed by atoms with Crippen LogP contribution in [-0.2, 0) is 4.79 Å². The first-order valence-corrected chi connectivity index (χ1v) is 9.30. The number of carbonyl (C=O) groups is 2. The van der Waals surface area contributed by atoms with Crippen molar-refractivity contribution in [2.45, 2.75) is 25.7 Å². The lowest BCUT2D eigenvalue weighted by molar-refractivity contribution is -0.114. The molecule has 2 N–H and O–H groups in total. The molecular formula is C21H24FN3O2. The summed E-state index contributed by atoms with van der Waals surface area (Å²) in [6.07, 6.45) is 4.41. The number of likely N-dealkylation sites (tertiary alicyclic amines) is 1. The molecule has 1 fully saturated rings. The highest BCUT2D eigenvalue weighted by atomic mass is 19.1. The molecule has 1 heterocycles. The summed E-state index contributed by atoms with van der Waals surface area (Å²) in [6, 6.07) is 12.8. The van der Waals surface area contributed by atoms with Crippen molar-refractivity contribution in [3.05, 3.63) is 59.9 Å². The highest BCUT2D eigenvalue weighted by Gasteiger charge is 2.17. The van der Waals surface area contributed by atoms with Crippen LogP contribution >= 0.6 is 0 Å². The molecule has 6 heteroatoms. The van der Waals surface area contributed by atoms with Gasteiger partial charge in [0.05, 0.1) is 6.54 Å². The third-order valence-corrected chi connectivity index (χ3v) is 4.58. The van der Waals surface area contributed by atoms with Gasteiger partial charge in [-0.05, 0) is 55.3 Å². The predicted octanol–water partition coefficient (Wildman–Crippen LogP) is 3.89. The molecular weight excluding hydrogens is 345 g/mol. The van der Waals surface area contributed by atoms with E-state index in [9.17, 15) is 14.0 Å². The molecule has 27 heavy (non-hydrogen) atoms. The van der Waals surface area contributed by atoms with Crippen LogP contribution in [0.25, 0.3) is 0 Å². The molecule has 0 atom stereocenters. The minimum atomic E-state index is -0.323. The van der Waals surface area contributed by atoms with Crippen molar-refractivity contribution >= 4 is 23.2 Å². The van der Waals surface area contributed by atoms with Crippen LogP contribution in [0.3, 0.4) is 0 Å². The molecule has 0 radical (unpaired) electrons. The molecule has 0 aliphatic carbocycles. The Hall–Kier alpha value is -2.89. The maximum absolute atomic E-state index is 12.9. The van der Waals surface area contributed by atoms with Crippen LogP contribution in [0.1, 0.15) is 36.0 Å². The van der Waals surface area contributed by atoms with Gasteiger partial charge in [0, 0.05) is 30.0 Å². The number of halogens is 1. The monoisotopic (exact) mass is 369 g/mol. The number of nitrogens with zero attached hydrogens (tertiary/aromatic N) is 1. The molecule has 142 valence electrons. The zero-order chi connectivity index (χ0) is 19.1. The molecule has 1 saturated heterocycles. The average molecular weight is 369 g/mol. The van der Waals surface area contributed by atoms with E-state index in [0.717, 1.165) is 25.9 Å². The number of anilines is 2. The van der Waals surface area contributed by atoms with Crippen molar-refractivity contribution in [1.82, 2.24) is 4.90 Å². The van der Waals surface area contributed by atoms with Gasteiger partial charge in [-0.3, -0.25) is 9.59 Å². The van der Waals surface area contributed by atoms with Crippen LogP contribution in [-0.4, -0.2) is 36.3 Å². The lowest BCUT2D eigenvalue weighted by atomic mass is 10.1. The van der Waals surface area contributed by atoms with Crippen molar-refractivity contribution in [3.63, 3.8) is 0 Å². The first-order valence-electron chi connectivity index (χ1n) is 9.30. The highest BCUT2D eigenvalue weighted by molar-refractivity contribution is 5.98. The van der Waals surface area contributed by atoms with Gasteiger partial charge in [-0.15, -0.1) is 0 Å². The SMILES string of the molecule is O=C(CNc1ccc(F)cc1)Nc1cccc(C(=O)N2CCCCCC2)c1. The van der Waals surface area contributed by atoms with Gasteiger partial charge in [0.25, 0.3) is 5.91 Å². The normalized spacial score (nSPS) is 14.3. The Morgan fingerprint density at radius 1 is 0.926 bits per heavy atom. The van der Waals surface area contributed by atoms with Gasteiger partial charge >= 0.3 is 0 Å². The van der Waals surface area contributed by atoms with E-state index in [4.69, 9.17) is 0 Å². The Morgan fingerprint density at radius 2 is 1.63 bits per heavy atom. The first kappa shape index (κ1) is 18.9. The average Bonchev–Trinajstić information content (AvgIpc) is 2.97. The van der Waals surface area contributed by atoms with Gasteiger partial charge in [-0.1, -0.05) is 18.9 Å². The second-order valence-corrected chi connectivity index (χ2v) is 6.70. The van der Waals surface area contributed by atoms with Gasteiger partial charge in [-0.2, -0.15) is 0 Å². The van der Waals surface area contributed by atoms with Crippen LogP contribution in [0.15, 0.2) is 48.5 Å². The summed E-state index contributed by atoms with van der Waals surface area (Å²) in [5.74, 6) is -0.549. The van der Waals surface area contributed by atoms with Gasteiger partial charge in [0.15, 0.2) is 0 Å².